The van der Waals surface area contributed by atoms with Crippen LogP contribution in [0.1, 0.15) is 22.5 Å². The highest BCUT2D eigenvalue weighted by atomic mass is 15.0. The van der Waals surface area contributed by atoms with Gasteiger partial charge in [-0.05, 0) is 19.4 Å². The minimum atomic E-state index is 0.496. The molecule has 0 unspecified atom stereocenters. The van der Waals surface area contributed by atoms with Crippen molar-refractivity contribution in [2.24, 2.45) is 0 Å². The Morgan fingerprint density at radius 1 is 1.33 bits per heavy atom. The van der Waals surface area contributed by atoms with Gasteiger partial charge in [0.1, 0.15) is 0 Å². The summed E-state index contributed by atoms with van der Waals surface area (Å²) in [6.07, 6.45) is 0.835. The highest BCUT2D eigenvalue weighted by Gasteiger charge is 2.05. The molecule has 0 radical (unpaired) electrons. The first kappa shape index (κ1) is 9.77. The lowest BCUT2D eigenvalue weighted by Gasteiger charge is -2.00. The predicted molar refractivity (Wildman–Crippen MR) is 61.7 cm³/mol. The maximum atomic E-state index is 5.60. The van der Waals surface area contributed by atoms with E-state index in [1.807, 2.05) is 6.92 Å². The number of rotatable bonds is 2. The van der Waals surface area contributed by atoms with Crippen molar-refractivity contribution in [3.8, 4) is 0 Å². The molecule has 1 aromatic carbocycles. The largest absolute Gasteiger partial charge is 0.369 e. The molecule has 2 rings (SSSR count). The zero-order chi connectivity index (χ0) is 10.8. The van der Waals surface area contributed by atoms with Crippen molar-refractivity contribution in [2.45, 2.75) is 20.3 Å². The van der Waals surface area contributed by atoms with E-state index in [4.69, 9.17) is 5.73 Å². The van der Waals surface area contributed by atoms with Crippen LogP contribution in [0.3, 0.4) is 0 Å². The van der Waals surface area contributed by atoms with Crippen molar-refractivity contribution in [1.82, 2.24) is 9.97 Å². The molecule has 1 heterocycles. The maximum absolute atomic E-state index is 5.60. The number of nitrogens with two attached hydrogens (primary N) is 1. The third-order valence-corrected chi connectivity index (χ3v) is 2.46. The first-order valence-corrected chi connectivity index (χ1v) is 5.01. The van der Waals surface area contributed by atoms with Gasteiger partial charge in [0.25, 0.3) is 0 Å². The number of aromatic nitrogens is 2. The number of H-pyrrole nitrogens is 1. The minimum absolute atomic E-state index is 0.496. The Morgan fingerprint density at radius 2 is 2.13 bits per heavy atom. The zero-order valence-corrected chi connectivity index (χ0v) is 9.04. The van der Waals surface area contributed by atoms with Gasteiger partial charge in [0.15, 0.2) is 5.95 Å². The number of aryl methyl sites for hydroxylation is 2. The maximum Gasteiger partial charge on any atom is 0.197 e. The van der Waals surface area contributed by atoms with E-state index in [2.05, 4.69) is 41.2 Å². The van der Waals surface area contributed by atoms with Crippen molar-refractivity contribution in [3.63, 3.8) is 0 Å². The van der Waals surface area contributed by atoms with Gasteiger partial charge < -0.3 is 10.7 Å². The monoisotopic (exact) mass is 201 g/mol. The smallest absolute Gasteiger partial charge is 0.197 e. The van der Waals surface area contributed by atoms with E-state index in [0.29, 0.717) is 5.95 Å². The van der Waals surface area contributed by atoms with E-state index in [1.165, 1.54) is 11.1 Å². The van der Waals surface area contributed by atoms with Crippen molar-refractivity contribution in [1.29, 1.82) is 0 Å². The molecule has 1 aromatic heterocycles. The summed E-state index contributed by atoms with van der Waals surface area (Å²) in [6.45, 7) is 4.09. The van der Waals surface area contributed by atoms with Crippen LogP contribution in [0.25, 0.3) is 0 Å². The summed E-state index contributed by atoms with van der Waals surface area (Å²) in [7, 11) is 0. The zero-order valence-electron chi connectivity index (χ0n) is 9.04. The van der Waals surface area contributed by atoms with E-state index in [1.54, 1.807) is 0 Å². The number of nitrogens with one attached hydrogen (secondary N) is 1. The quantitative estimate of drug-likeness (QED) is 0.782. The van der Waals surface area contributed by atoms with Crippen LogP contribution < -0.4 is 5.73 Å². The van der Waals surface area contributed by atoms with E-state index < -0.39 is 0 Å². The van der Waals surface area contributed by atoms with Gasteiger partial charge in [0.2, 0.25) is 0 Å². The number of hydrogen-bond donors (Lipinski definition) is 2. The standard InChI is InChI=1S/C12H15N3/c1-8-4-3-5-10(6-8)7-11-9(2)14-12(13)15-11/h3-6H,7H2,1-2H3,(H3,13,14,15). The van der Waals surface area contributed by atoms with E-state index in [0.717, 1.165) is 17.8 Å². The molecular weight excluding hydrogens is 186 g/mol. The van der Waals surface area contributed by atoms with Gasteiger partial charge in [-0.2, -0.15) is 0 Å². The highest BCUT2D eigenvalue weighted by molar-refractivity contribution is 5.31. The fourth-order valence-corrected chi connectivity index (χ4v) is 1.71. The molecule has 0 saturated heterocycles. The number of imidazole rings is 1. The van der Waals surface area contributed by atoms with Gasteiger partial charge in [0, 0.05) is 12.1 Å². The highest BCUT2D eigenvalue weighted by Crippen LogP contribution is 2.13. The van der Waals surface area contributed by atoms with Crippen LogP contribution >= 0.6 is 0 Å². The molecule has 3 nitrogen and oxygen atoms in total. The second-order valence-electron chi connectivity index (χ2n) is 3.86. The molecule has 0 fully saturated rings. The molecule has 0 aliphatic rings. The average Bonchev–Trinajstić information content (AvgIpc) is 2.45. The Kier molecular flexibility index (Phi) is 2.46. The van der Waals surface area contributed by atoms with Crippen molar-refractivity contribution in [2.75, 3.05) is 5.73 Å². The summed E-state index contributed by atoms with van der Waals surface area (Å²) in [4.78, 5) is 7.27. The summed E-state index contributed by atoms with van der Waals surface area (Å²) in [5.74, 6) is 0.496. The van der Waals surface area contributed by atoms with Crippen LogP contribution in [0, 0.1) is 13.8 Å². The first-order valence-electron chi connectivity index (χ1n) is 5.01. The van der Waals surface area contributed by atoms with Crippen LogP contribution in [0.5, 0.6) is 0 Å². The molecule has 3 N–H and O–H groups in total. The number of aromatic amines is 1. The summed E-state index contributed by atoms with van der Waals surface area (Å²) in [5, 5.41) is 0. The van der Waals surface area contributed by atoms with Gasteiger partial charge in [0.05, 0.1) is 5.69 Å². The molecule has 0 amide bonds. The first-order chi connectivity index (χ1) is 7.15. The summed E-state index contributed by atoms with van der Waals surface area (Å²) >= 11 is 0. The fraction of sp³-hybridized carbons (Fsp3) is 0.250. The van der Waals surface area contributed by atoms with Crippen LogP contribution in [0.15, 0.2) is 24.3 Å². The van der Waals surface area contributed by atoms with Gasteiger partial charge >= 0.3 is 0 Å². The van der Waals surface area contributed by atoms with Gasteiger partial charge in [-0.25, -0.2) is 4.98 Å². The Labute approximate surface area is 89.4 Å². The fourth-order valence-electron chi connectivity index (χ4n) is 1.71. The third-order valence-electron chi connectivity index (χ3n) is 2.46. The second kappa shape index (κ2) is 3.77. The molecule has 2 aromatic rings. The lowest BCUT2D eigenvalue weighted by Crippen LogP contribution is -1.92. The van der Waals surface area contributed by atoms with E-state index in [-0.39, 0.29) is 0 Å². The molecule has 0 aliphatic heterocycles. The van der Waals surface area contributed by atoms with E-state index in [9.17, 15) is 0 Å². The van der Waals surface area contributed by atoms with E-state index >= 15 is 0 Å². The van der Waals surface area contributed by atoms with Crippen LogP contribution in [0.4, 0.5) is 5.95 Å². The average molecular weight is 201 g/mol. The SMILES string of the molecule is Cc1cccc(Cc2nc(N)[nH]c2C)c1. The topological polar surface area (TPSA) is 54.7 Å². The predicted octanol–water partition coefficient (Wildman–Crippen LogP) is 2.20. The van der Waals surface area contributed by atoms with Crippen LogP contribution in [-0.2, 0) is 6.42 Å². The molecular formula is C12H15N3. The Morgan fingerprint density at radius 3 is 2.73 bits per heavy atom. The molecule has 0 saturated carbocycles. The lowest BCUT2D eigenvalue weighted by atomic mass is 10.1. The number of nitrogen functional groups attached to an aromatic ring is 1. The molecule has 15 heavy (non-hydrogen) atoms. The second-order valence-corrected chi connectivity index (χ2v) is 3.86. The van der Waals surface area contributed by atoms with Crippen molar-refractivity contribution < 1.29 is 0 Å². The molecule has 0 spiro atoms. The van der Waals surface area contributed by atoms with Gasteiger partial charge in [-0.15, -0.1) is 0 Å². The summed E-state index contributed by atoms with van der Waals surface area (Å²) in [5.41, 5.74) is 10.2. The van der Waals surface area contributed by atoms with Crippen LogP contribution in [-0.4, -0.2) is 9.97 Å². The molecule has 78 valence electrons. The molecule has 0 bridgehead atoms. The van der Waals surface area contributed by atoms with Crippen molar-refractivity contribution in [3.05, 3.63) is 46.8 Å². The number of nitrogens with zero attached hydrogens (tertiary/aromatic N) is 1. The minimum Gasteiger partial charge on any atom is -0.369 e. The molecule has 3 heteroatoms. The van der Waals surface area contributed by atoms with Crippen molar-refractivity contribution >= 4 is 5.95 Å². The normalized spacial score (nSPS) is 10.5. The molecule has 0 aliphatic carbocycles. The van der Waals surface area contributed by atoms with Crippen LogP contribution in [0.2, 0.25) is 0 Å². The number of hydrogen-bond acceptors (Lipinski definition) is 2. The lowest BCUT2D eigenvalue weighted by molar-refractivity contribution is 1.08. The number of anilines is 1. The van der Waals surface area contributed by atoms with Gasteiger partial charge in [-0.3, -0.25) is 0 Å². The Bertz CT molecular complexity index is 471. The van der Waals surface area contributed by atoms with Gasteiger partial charge in [-0.1, -0.05) is 29.8 Å². The summed E-state index contributed by atoms with van der Waals surface area (Å²) in [6, 6.07) is 8.44. The Balaban J connectivity index is 2.25. The summed E-state index contributed by atoms with van der Waals surface area (Å²) < 4.78 is 0. The molecule has 0 atom stereocenters. The Hall–Kier alpha value is -1.77. The number of benzene rings is 1. The third kappa shape index (κ3) is 2.18.